The molecule has 2 rings (SSSR count). The molecule has 0 heterocycles. The van der Waals surface area contributed by atoms with Crippen LogP contribution in [-0.4, -0.2) is 16.3 Å². The Morgan fingerprint density at radius 1 is 1.05 bits per heavy atom. The van der Waals surface area contributed by atoms with Gasteiger partial charge in [-0.05, 0) is 53.8 Å². The Morgan fingerprint density at radius 2 is 1.65 bits per heavy atom. The highest BCUT2D eigenvalue weighted by Crippen LogP contribution is 2.25. The summed E-state index contributed by atoms with van der Waals surface area (Å²) < 4.78 is 0. The van der Waals surface area contributed by atoms with Crippen molar-refractivity contribution < 1.29 is 20.0 Å². The van der Waals surface area contributed by atoms with E-state index in [9.17, 15) is 4.79 Å². The zero-order valence-corrected chi connectivity index (χ0v) is 11.4. The summed E-state index contributed by atoms with van der Waals surface area (Å²) in [4.78, 5) is 15.4. The Hall–Kier alpha value is -2.17. The van der Waals surface area contributed by atoms with Crippen molar-refractivity contribution in [3.05, 3.63) is 58.7 Å². The second kappa shape index (κ2) is 5.86. The van der Waals surface area contributed by atoms with E-state index in [2.05, 4.69) is 4.89 Å². The topological polar surface area (TPSA) is 66.8 Å². The molecular weight excluding hydrogens is 256 g/mol. The minimum absolute atomic E-state index is 0.108. The first kappa shape index (κ1) is 14.2. The predicted octanol–water partition coefficient (Wildman–Crippen LogP) is 3.66. The monoisotopic (exact) mass is 272 g/mol. The molecule has 0 saturated carbocycles. The molecule has 0 aliphatic carbocycles. The predicted molar refractivity (Wildman–Crippen MR) is 75.7 cm³/mol. The smallest absolute Gasteiger partial charge is 0.335 e. The first-order valence-electron chi connectivity index (χ1n) is 6.23. The molecule has 104 valence electrons. The molecule has 0 spiro atoms. The fourth-order valence-electron chi connectivity index (χ4n) is 2.11. The fraction of sp³-hybridized carbons (Fsp3) is 0.188. The lowest BCUT2D eigenvalue weighted by atomic mass is 9.97. The van der Waals surface area contributed by atoms with E-state index in [0.717, 1.165) is 27.8 Å². The Kier molecular flexibility index (Phi) is 4.17. The van der Waals surface area contributed by atoms with E-state index in [4.69, 9.17) is 10.4 Å². The average Bonchev–Trinajstić information content (AvgIpc) is 2.42. The van der Waals surface area contributed by atoms with E-state index in [1.165, 1.54) is 0 Å². The summed E-state index contributed by atoms with van der Waals surface area (Å²) in [5.41, 5.74) is 4.61. The van der Waals surface area contributed by atoms with Gasteiger partial charge in [0.1, 0.15) is 6.61 Å². The summed E-state index contributed by atoms with van der Waals surface area (Å²) in [6.45, 7) is 3.81. The molecule has 4 heteroatoms. The molecule has 0 aliphatic rings. The summed E-state index contributed by atoms with van der Waals surface area (Å²) >= 11 is 0. The van der Waals surface area contributed by atoms with E-state index in [-0.39, 0.29) is 6.61 Å². The van der Waals surface area contributed by atoms with Crippen LogP contribution in [0.1, 0.15) is 27.0 Å². The molecule has 0 atom stereocenters. The molecule has 2 aromatic carbocycles. The van der Waals surface area contributed by atoms with Gasteiger partial charge in [0.15, 0.2) is 0 Å². The van der Waals surface area contributed by atoms with Crippen LogP contribution in [0.25, 0.3) is 11.1 Å². The van der Waals surface area contributed by atoms with Gasteiger partial charge in [0.2, 0.25) is 0 Å². The second-order valence-corrected chi connectivity index (χ2v) is 4.75. The highest BCUT2D eigenvalue weighted by Gasteiger charge is 2.10. The lowest BCUT2D eigenvalue weighted by Gasteiger charge is -2.09. The molecule has 2 aromatic rings. The average molecular weight is 272 g/mol. The zero-order chi connectivity index (χ0) is 14.7. The van der Waals surface area contributed by atoms with Crippen molar-refractivity contribution in [1.82, 2.24) is 0 Å². The largest absolute Gasteiger partial charge is 0.478 e. The zero-order valence-electron chi connectivity index (χ0n) is 11.4. The third kappa shape index (κ3) is 2.87. The summed E-state index contributed by atoms with van der Waals surface area (Å²) in [7, 11) is 0. The molecule has 20 heavy (non-hydrogen) atoms. The third-order valence-electron chi connectivity index (χ3n) is 3.37. The molecule has 0 saturated heterocycles. The van der Waals surface area contributed by atoms with Crippen LogP contribution in [0, 0.1) is 13.8 Å². The summed E-state index contributed by atoms with van der Waals surface area (Å²) in [5.74, 6) is -0.935. The molecule has 0 bridgehead atoms. The SMILES string of the molecule is Cc1ccc(-c2ccc(C)c(C(=O)O)c2)cc1COO. The van der Waals surface area contributed by atoms with Crippen LogP contribution < -0.4 is 0 Å². The minimum Gasteiger partial charge on any atom is -0.478 e. The van der Waals surface area contributed by atoms with Crippen molar-refractivity contribution >= 4 is 5.97 Å². The van der Waals surface area contributed by atoms with Gasteiger partial charge in [-0.25, -0.2) is 9.68 Å². The Morgan fingerprint density at radius 3 is 2.25 bits per heavy atom. The van der Waals surface area contributed by atoms with Gasteiger partial charge in [0.25, 0.3) is 0 Å². The van der Waals surface area contributed by atoms with E-state index in [1.807, 2.05) is 31.2 Å². The number of carboxylic acids is 1. The van der Waals surface area contributed by atoms with Crippen LogP contribution in [0.15, 0.2) is 36.4 Å². The number of hydrogen-bond donors (Lipinski definition) is 2. The molecule has 0 radical (unpaired) electrons. The minimum atomic E-state index is -0.935. The number of hydrogen-bond acceptors (Lipinski definition) is 3. The van der Waals surface area contributed by atoms with Crippen LogP contribution in [0.5, 0.6) is 0 Å². The van der Waals surface area contributed by atoms with Crippen LogP contribution in [0.2, 0.25) is 0 Å². The van der Waals surface area contributed by atoms with Crippen LogP contribution >= 0.6 is 0 Å². The maximum absolute atomic E-state index is 11.2. The number of benzene rings is 2. The lowest BCUT2D eigenvalue weighted by Crippen LogP contribution is -2.00. The molecule has 0 aliphatic heterocycles. The van der Waals surface area contributed by atoms with Gasteiger partial charge in [-0.1, -0.05) is 24.3 Å². The van der Waals surface area contributed by atoms with E-state index in [1.54, 1.807) is 19.1 Å². The molecular formula is C16H16O4. The first-order valence-corrected chi connectivity index (χ1v) is 6.23. The second-order valence-electron chi connectivity index (χ2n) is 4.75. The summed E-state index contributed by atoms with van der Waals surface area (Å²) in [5, 5.41) is 17.7. The molecule has 4 nitrogen and oxygen atoms in total. The molecule has 0 fully saturated rings. The van der Waals surface area contributed by atoms with Gasteiger partial charge in [-0.2, -0.15) is 0 Å². The van der Waals surface area contributed by atoms with Gasteiger partial charge in [0.05, 0.1) is 5.56 Å². The number of aryl methyl sites for hydroxylation is 2. The van der Waals surface area contributed by atoms with Gasteiger partial charge in [-0.3, -0.25) is 5.26 Å². The van der Waals surface area contributed by atoms with Crippen molar-refractivity contribution in [3.8, 4) is 11.1 Å². The highest BCUT2D eigenvalue weighted by atomic mass is 17.1. The maximum Gasteiger partial charge on any atom is 0.335 e. The quantitative estimate of drug-likeness (QED) is 0.658. The Labute approximate surface area is 117 Å². The summed E-state index contributed by atoms with van der Waals surface area (Å²) in [6, 6.07) is 11.1. The number of rotatable bonds is 4. The van der Waals surface area contributed by atoms with Crippen molar-refractivity contribution in [2.45, 2.75) is 20.5 Å². The standard InChI is InChI=1S/C16H16O4/c1-10-3-5-12(7-14(10)9-20-19)13-6-4-11(2)15(8-13)16(17)18/h3-8,19H,9H2,1-2H3,(H,17,18). The molecule has 2 N–H and O–H groups in total. The van der Waals surface area contributed by atoms with E-state index >= 15 is 0 Å². The van der Waals surface area contributed by atoms with Gasteiger partial charge in [0, 0.05) is 0 Å². The van der Waals surface area contributed by atoms with Gasteiger partial charge in [-0.15, -0.1) is 0 Å². The van der Waals surface area contributed by atoms with E-state index < -0.39 is 5.97 Å². The van der Waals surface area contributed by atoms with E-state index in [0.29, 0.717) is 5.56 Å². The fourth-order valence-corrected chi connectivity index (χ4v) is 2.11. The molecule has 0 unspecified atom stereocenters. The third-order valence-corrected chi connectivity index (χ3v) is 3.37. The lowest BCUT2D eigenvalue weighted by molar-refractivity contribution is -0.253. The Balaban J connectivity index is 2.48. The van der Waals surface area contributed by atoms with Crippen LogP contribution in [-0.2, 0) is 11.5 Å². The molecule has 0 amide bonds. The van der Waals surface area contributed by atoms with Gasteiger partial charge < -0.3 is 5.11 Å². The Bertz CT molecular complexity index is 647. The normalized spacial score (nSPS) is 10.6. The maximum atomic E-state index is 11.2. The van der Waals surface area contributed by atoms with Gasteiger partial charge >= 0.3 is 5.97 Å². The van der Waals surface area contributed by atoms with Crippen LogP contribution in [0.4, 0.5) is 0 Å². The number of carboxylic acid groups (broad SMARTS) is 1. The van der Waals surface area contributed by atoms with Crippen molar-refractivity contribution in [2.24, 2.45) is 0 Å². The van der Waals surface area contributed by atoms with Crippen LogP contribution in [0.3, 0.4) is 0 Å². The summed E-state index contributed by atoms with van der Waals surface area (Å²) in [6.07, 6.45) is 0. The highest BCUT2D eigenvalue weighted by molar-refractivity contribution is 5.91. The number of aromatic carboxylic acids is 1. The first-order chi connectivity index (χ1) is 9.52. The van der Waals surface area contributed by atoms with Crippen molar-refractivity contribution in [3.63, 3.8) is 0 Å². The number of carbonyl (C=O) groups is 1. The van der Waals surface area contributed by atoms with Crippen molar-refractivity contribution in [1.29, 1.82) is 0 Å². The van der Waals surface area contributed by atoms with Crippen molar-refractivity contribution in [2.75, 3.05) is 0 Å². The molecule has 0 aromatic heterocycles.